The van der Waals surface area contributed by atoms with E-state index in [4.69, 9.17) is 0 Å². The van der Waals surface area contributed by atoms with Gasteiger partial charge in [-0.05, 0) is 49.9 Å². The molecule has 1 heterocycles. The van der Waals surface area contributed by atoms with Crippen molar-refractivity contribution >= 4 is 28.2 Å². The van der Waals surface area contributed by atoms with Crippen molar-refractivity contribution < 1.29 is 21.7 Å². The topological polar surface area (TPSA) is 73.5 Å². The van der Waals surface area contributed by atoms with E-state index in [0.717, 1.165) is 6.54 Å². The molecule has 0 bridgehead atoms. The maximum atomic E-state index is 9.45. The molecule has 394 valence electrons. The van der Waals surface area contributed by atoms with Gasteiger partial charge in [-0.15, -0.1) is 0 Å². The van der Waals surface area contributed by atoms with E-state index in [1.165, 1.54) is 294 Å². The number of unbranched alkanes of at least 4 members (excludes halogenated alkanes) is 38. The van der Waals surface area contributed by atoms with E-state index < -0.39 is 10.4 Å². The van der Waals surface area contributed by atoms with Crippen LogP contribution >= 0.6 is 0 Å². The smallest absolute Gasteiger partial charge is 0.217 e. The second-order valence-corrected chi connectivity index (χ2v) is 21.2. The van der Waals surface area contributed by atoms with Crippen molar-refractivity contribution in [3.8, 4) is 0 Å². The normalized spacial score (nSPS) is 11.7. The zero-order chi connectivity index (χ0) is 49.3. The Labute approximate surface area is 423 Å². The second-order valence-electron chi connectivity index (χ2n) is 20.1. The number of rotatable bonds is 48. The van der Waals surface area contributed by atoms with Gasteiger partial charge in [0, 0.05) is 30.9 Å². The first kappa shape index (κ1) is 63.8. The molecule has 1 aromatic heterocycles. The molecule has 0 spiro atoms. The van der Waals surface area contributed by atoms with Gasteiger partial charge in [-0.1, -0.05) is 282 Å². The van der Waals surface area contributed by atoms with E-state index in [1.807, 2.05) is 0 Å². The Morgan fingerprint density at radius 2 is 0.676 bits per heavy atom. The Hall–Kier alpha value is -2.22. The van der Waals surface area contributed by atoms with Crippen LogP contribution in [-0.4, -0.2) is 32.7 Å². The average molecular weight is 968 g/mol. The first-order valence-electron chi connectivity index (χ1n) is 29.4. The van der Waals surface area contributed by atoms with Gasteiger partial charge in [-0.3, -0.25) is 4.18 Å². The van der Waals surface area contributed by atoms with Gasteiger partial charge in [-0.25, -0.2) is 13.0 Å². The predicted molar refractivity (Wildman–Crippen MR) is 297 cm³/mol. The van der Waals surface area contributed by atoms with Crippen LogP contribution in [0.5, 0.6) is 0 Å². The van der Waals surface area contributed by atoms with Crippen LogP contribution in [0.25, 0.3) is 12.2 Å². The highest BCUT2D eigenvalue weighted by Gasteiger charge is 2.07. The fourth-order valence-electron chi connectivity index (χ4n) is 9.41. The highest BCUT2D eigenvalue weighted by molar-refractivity contribution is 7.80. The van der Waals surface area contributed by atoms with Gasteiger partial charge >= 0.3 is 0 Å². The molecule has 2 rings (SSSR count). The highest BCUT2D eigenvalue weighted by Crippen LogP contribution is 2.21. The molecule has 0 atom stereocenters. The van der Waals surface area contributed by atoms with Gasteiger partial charge in [0.05, 0.1) is 6.61 Å². The summed E-state index contributed by atoms with van der Waals surface area (Å²) in [7, 11) is -4.42. The average Bonchev–Trinajstić information content (AvgIpc) is 3.34. The molecule has 1 aromatic carbocycles. The lowest BCUT2D eigenvalue weighted by Crippen LogP contribution is -2.30. The van der Waals surface area contributed by atoms with Gasteiger partial charge in [0.15, 0.2) is 12.4 Å². The van der Waals surface area contributed by atoms with Crippen molar-refractivity contribution in [2.24, 2.45) is 0 Å². The lowest BCUT2D eigenvalue weighted by Gasteiger charge is -2.25. The van der Waals surface area contributed by atoms with E-state index in [0.29, 0.717) is 0 Å². The molecule has 0 N–H and O–H groups in total. The first-order valence-corrected chi connectivity index (χ1v) is 30.8. The third kappa shape index (κ3) is 42.6. The molecular formula is C61H110N2O4S. The number of hydrogen-bond acceptors (Lipinski definition) is 5. The fourth-order valence-corrected chi connectivity index (χ4v) is 9.70. The SMILES string of the molecule is CCCCCCCCCCCCCCCCCCCCCCN(CCCCCCCCCCCCCCCCCCCCCC)c1ccc(/C=C/c2cc[n+](CC)cc2)cc1.CCOS(=O)(=O)[O-]. The third-order valence-electron chi connectivity index (χ3n) is 13.8. The molecule has 0 fully saturated rings. The van der Waals surface area contributed by atoms with Crippen molar-refractivity contribution in [2.45, 2.75) is 291 Å². The summed E-state index contributed by atoms with van der Waals surface area (Å²) in [5.41, 5.74) is 3.96. The molecule has 6 nitrogen and oxygen atoms in total. The second kappa shape index (κ2) is 48.4. The lowest BCUT2D eigenvalue weighted by atomic mass is 10.0. The summed E-state index contributed by atoms with van der Waals surface area (Å²) in [6.45, 7) is 11.6. The molecule has 0 aliphatic heterocycles. The summed E-state index contributed by atoms with van der Waals surface area (Å²) in [5.74, 6) is 0. The van der Waals surface area contributed by atoms with Crippen LogP contribution in [0.1, 0.15) is 296 Å². The molecular weight excluding hydrogens is 857 g/mol. The van der Waals surface area contributed by atoms with Crippen LogP contribution in [0.4, 0.5) is 5.69 Å². The molecule has 0 amide bonds. The monoisotopic (exact) mass is 967 g/mol. The number of aryl methyl sites for hydroxylation is 1. The van der Waals surface area contributed by atoms with Gasteiger partial charge in [0.2, 0.25) is 10.4 Å². The van der Waals surface area contributed by atoms with Crippen molar-refractivity contribution in [3.05, 3.63) is 59.9 Å². The molecule has 0 aliphatic carbocycles. The minimum atomic E-state index is -4.42. The summed E-state index contributed by atoms with van der Waals surface area (Å²) >= 11 is 0. The van der Waals surface area contributed by atoms with E-state index in [1.54, 1.807) is 0 Å². The van der Waals surface area contributed by atoms with Gasteiger partial charge in [-0.2, -0.15) is 0 Å². The van der Waals surface area contributed by atoms with Crippen LogP contribution in [-0.2, 0) is 21.1 Å². The minimum absolute atomic E-state index is 0.0914. The van der Waals surface area contributed by atoms with Crippen molar-refractivity contribution in [1.82, 2.24) is 0 Å². The van der Waals surface area contributed by atoms with E-state index in [2.05, 4.69) is 95.4 Å². The Bertz CT molecular complexity index is 1420. The molecule has 0 radical (unpaired) electrons. The highest BCUT2D eigenvalue weighted by atomic mass is 32.3. The van der Waals surface area contributed by atoms with Crippen LogP contribution in [0.2, 0.25) is 0 Å². The van der Waals surface area contributed by atoms with Crippen molar-refractivity contribution in [1.29, 1.82) is 0 Å². The Kier molecular flexibility index (Phi) is 45.4. The molecule has 7 heteroatoms. The summed E-state index contributed by atoms with van der Waals surface area (Å²) in [6.07, 6.45) is 66.6. The van der Waals surface area contributed by atoms with Crippen LogP contribution in [0, 0.1) is 0 Å². The van der Waals surface area contributed by atoms with E-state index in [-0.39, 0.29) is 6.61 Å². The standard InChI is InChI=1S/C59H105N2.C2H6O4S/c1-4-7-9-11-13-15-17-19-21-23-25-27-29-31-33-35-37-39-41-43-53-61(59-49-47-57(48-50-59)45-46-58-51-55-60(6-3)56-52-58)54-44-42-40-38-36-34-32-30-28-26-24-22-20-18-16-14-12-10-8-5-2;1-2-6-7(3,4)5/h45-52,55-56H,4-44,53-54H2,1-3H3;2H2,1H3,(H,3,4,5)/q+1;/p-1. The van der Waals surface area contributed by atoms with Crippen molar-refractivity contribution in [3.63, 3.8) is 0 Å². The quantitative estimate of drug-likeness (QED) is 0.0286. The molecule has 68 heavy (non-hydrogen) atoms. The summed E-state index contributed by atoms with van der Waals surface area (Å²) in [5, 5.41) is 0. The Morgan fingerprint density at radius 3 is 0.912 bits per heavy atom. The Morgan fingerprint density at radius 1 is 0.412 bits per heavy atom. The molecule has 2 aromatic rings. The lowest BCUT2D eigenvalue weighted by molar-refractivity contribution is -0.693. The molecule has 0 unspecified atom stereocenters. The van der Waals surface area contributed by atoms with Gasteiger partial charge < -0.3 is 9.45 Å². The summed E-state index contributed by atoms with van der Waals surface area (Å²) in [4.78, 5) is 2.71. The molecule has 0 saturated heterocycles. The van der Waals surface area contributed by atoms with Crippen LogP contribution in [0.3, 0.4) is 0 Å². The number of benzene rings is 1. The number of nitrogens with zero attached hydrogens (tertiary/aromatic N) is 2. The maximum Gasteiger partial charge on any atom is 0.217 e. The van der Waals surface area contributed by atoms with Crippen molar-refractivity contribution in [2.75, 3.05) is 24.6 Å². The summed E-state index contributed by atoms with van der Waals surface area (Å²) < 4.78 is 34.2. The van der Waals surface area contributed by atoms with Gasteiger partial charge in [0.25, 0.3) is 0 Å². The van der Waals surface area contributed by atoms with Crippen LogP contribution < -0.4 is 9.47 Å². The van der Waals surface area contributed by atoms with E-state index in [9.17, 15) is 13.0 Å². The predicted octanol–water partition coefficient (Wildman–Crippen LogP) is 19.1. The zero-order valence-corrected chi connectivity index (χ0v) is 46.1. The largest absolute Gasteiger partial charge is 0.726 e. The number of aromatic nitrogens is 1. The number of anilines is 1. The summed E-state index contributed by atoms with van der Waals surface area (Å²) in [6, 6.07) is 13.8. The number of pyridine rings is 1. The fraction of sp³-hybridized carbons (Fsp3) is 0.787. The maximum absolute atomic E-state index is 9.45. The van der Waals surface area contributed by atoms with Gasteiger partial charge in [0.1, 0.15) is 6.54 Å². The first-order chi connectivity index (χ1) is 33.3. The Balaban J connectivity index is 0.00000304. The zero-order valence-electron chi connectivity index (χ0n) is 45.3. The number of hydrogen-bond donors (Lipinski definition) is 0. The molecule has 0 saturated carbocycles. The van der Waals surface area contributed by atoms with E-state index >= 15 is 0 Å². The van der Waals surface area contributed by atoms with Crippen LogP contribution in [0.15, 0.2) is 48.8 Å². The third-order valence-corrected chi connectivity index (χ3v) is 14.4. The molecule has 0 aliphatic rings. The minimum Gasteiger partial charge on any atom is -0.726 e.